The summed E-state index contributed by atoms with van der Waals surface area (Å²) < 4.78 is 0. The number of hydrogen-bond acceptors (Lipinski definition) is 1. The predicted molar refractivity (Wildman–Crippen MR) is 73.4 cm³/mol. The average Bonchev–Trinajstić information content (AvgIpc) is 2.27. The molecule has 0 aromatic heterocycles. The average molecular weight is 246 g/mol. The summed E-state index contributed by atoms with van der Waals surface area (Å²) in [5.74, 6) is 0. The Hall–Kier alpha value is -1.31. The molecule has 2 rings (SSSR count). The van der Waals surface area contributed by atoms with Gasteiger partial charge in [0.15, 0.2) is 0 Å². The molecule has 1 nitrogen and oxygen atoms in total. The maximum Gasteiger partial charge on any atom is 0.0566 e. The lowest BCUT2D eigenvalue weighted by atomic mass is 9.96. The van der Waals surface area contributed by atoms with Gasteiger partial charge in [-0.1, -0.05) is 59.1 Å². The molecule has 0 fully saturated rings. The highest BCUT2D eigenvalue weighted by Gasteiger charge is 2.12. The molecule has 0 bridgehead atoms. The van der Waals surface area contributed by atoms with Crippen molar-refractivity contribution in [3.63, 3.8) is 0 Å². The van der Waals surface area contributed by atoms with Crippen molar-refractivity contribution in [1.29, 1.82) is 0 Å². The molecule has 2 N–H and O–H groups in total. The van der Waals surface area contributed by atoms with Gasteiger partial charge >= 0.3 is 0 Å². The molecule has 0 heterocycles. The van der Waals surface area contributed by atoms with E-state index in [0.29, 0.717) is 0 Å². The number of nitrogens with two attached hydrogens (primary N) is 1. The van der Waals surface area contributed by atoms with Gasteiger partial charge in [0.1, 0.15) is 0 Å². The zero-order chi connectivity index (χ0) is 12.4. The van der Waals surface area contributed by atoms with E-state index < -0.39 is 0 Å². The topological polar surface area (TPSA) is 26.0 Å². The molecule has 0 aliphatic rings. The van der Waals surface area contributed by atoms with Crippen LogP contribution in [0.25, 0.3) is 0 Å². The van der Waals surface area contributed by atoms with Crippen molar-refractivity contribution in [1.82, 2.24) is 0 Å². The molecule has 88 valence electrons. The Balaban J connectivity index is 2.43. The zero-order valence-corrected chi connectivity index (χ0v) is 10.8. The van der Waals surface area contributed by atoms with E-state index in [9.17, 15) is 0 Å². The van der Waals surface area contributed by atoms with Gasteiger partial charge in [0.25, 0.3) is 0 Å². The fourth-order valence-corrected chi connectivity index (χ4v) is 2.35. The Morgan fingerprint density at radius 3 is 2.18 bits per heavy atom. The molecule has 0 spiro atoms. The summed E-state index contributed by atoms with van der Waals surface area (Å²) in [7, 11) is 0. The van der Waals surface area contributed by atoms with Gasteiger partial charge in [0.05, 0.1) is 6.04 Å². The summed E-state index contributed by atoms with van der Waals surface area (Å²) in [5.41, 5.74) is 10.8. The maximum absolute atomic E-state index is 6.27. The van der Waals surface area contributed by atoms with Crippen LogP contribution in [0.3, 0.4) is 0 Å². The zero-order valence-electron chi connectivity index (χ0n) is 10.1. The predicted octanol–water partition coefficient (Wildman–Crippen LogP) is 4.00. The fraction of sp³-hybridized carbons (Fsp3) is 0.200. The van der Waals surface area contributed by atoms with Gasteiger partial charge in [-0.2, -0.15) is 0 Å². The van der Waals surface area contributed by atoms with Gasteiger partial charge in [-0.3, -0.25) is 0 Å². The first-order valence-corrected chi connectivity index (χ1v) is 6.04. The van der Waals surface area contributed by atoms with Crippen LogP contribution in [0, 0.1) is 13.8 Å². The third kappa shape index (κ3) is 2.68. The molecule has 0 radical (unpaired) electrons. The van der Waals surface area contributed by atoms with Crippen LogP contribution < -0.4 is 5.73 Å². The first-order valence-electron chi connectivity index (χ1n) is 5.66. The SMILES string of the molecule is Cc1cc(C)cc(C(N)c2ccccc2Cl)c1. The molecule has 1 atom stereocenters. The van der Waals surface area contributed by atoms with Crippen LogP contribution in [0.1, 0.15) is 28.3 Å². The number of aryl methyl sites for hydroxylation is 2. The molecule has 0 saturated heterocycles. The van der Waals surface area contributed by atoms with Crippen molar-refractivity contribution in [2.75, 3.05) is 0 Å². The highest BCUT2D eigenvalue weighted by Crippen LogP contribution is 2.27. The van der Waals surface area contributed by atoms with Crippen molar-refractivity contribution in [2.24, 2.45) is 5.73 Å². The van der Waals surface area contributed by atoms with Gasteiger partial charge in [-0.15, -0.1) is 0 Å². The van der Waals surface area contributed by atoms with Crippen LogP contribution in [0.5, 0.6) is 0 Å². The third-order valence-electron chi connectivity index (χ3n) is 2.84. The van der Waals surface area contributed by atoms with Crippen LogP contribution in [0.2, 0.25) is 5.02 Å². The van der Waals surface area contributed by atoms with Crippen LogP contribution in [0.4, 0.5) is 0 Å². The van der Waals surface area contributed by atoms with E-state index in [4.69, 9.17) is 17.3 Å². The van der Waals surface area contributed by atoms with Crippen molar-refractivity contribution < 1.29 is 0 Å². The minimum atomic E-state index is -0.165. The summed E-state index contributed by atoms with van der Waals surface area (Å²) in [6.45, 7) is 4.16. The monoisotopic (exact) mass is 245 g/mol. The molecule has 2 aromatic carbocycles. The number of benzene rings is 2. The quantitative estimate of drug-likeness (QED) is 0.850. The van der Waals surface area contributed by atoms with Crippen LogP contribution >= 0.6 is 11.6 Å². The molecular formula is C15H16ClN. The lowest BCUT2D eigenvalue weighted by Gasteiger charge is -2.15. The fourth-order valence-electron chi connectivity index (χ4n) is 2.10. The molecule has 0 saturated carbocycles. The standard InChI is InChI=1S/C15H16ClN/c1-10-7-11(2)9-12(8-10)15(17)13-5-3-4-6-14(13)16/h3-9,15H,17H2,1-2H3. The second kappa shape index (κ2) is 4.91. The van der Waals surface area contributed by atoms with Crippen molar-refractivity contribution >= 4 is 11.6 Å². The van der Waals surface area contributed by atoms with Crippen molar-refractivity contribution in [3.05, 3.63) is 69.7 Å². The van der Waals surface area contributed by atoms with E-state index in [1.165, 1.54) is 11.1 Å². The molecular weight excluding hydrogens is 230 g/mol. The van der Waals surface area contributed by atoms with Gasteiger partial charge in [-0.25, -0.2) is 0 Å². The van der Waals surface area contributed by atoms with E-state index in [1.54, 1.807) is 0 Å². The van der Waals surface area contributed by atoms with E-state index in [0.717, 1.165) is 16.1 Å². The van der Waals surface area contributed by atoms with Crippen LogP contribution in [-0.4, -0.2) is 0 Å². The van der Waals surface area contributed by atoms with Crippen LogP contribution in [-0.2, 0) is 0 Å². The summed E-state index contributed by atoms with van der Waals surface area (Å²) >= 11 is 6.17. The van der Waals surface area contributed by atoms with Gasteiger partial charge in [-0.05, 0) is 31.0 Å². The van der Waals surface area contributed by atoms with E-state index >= 15 is 0 Å². The van der Waals surface area contributed by atoms with Gasteiger partial charge in [0, 0.05) is 5.02 Å². The molecule has 1 unspecified atom stereocenters. The summed E-state index contributed by atoms with van der Waals surface area (Å²) in [4.78, 5) is 0. The summed E-state index contributed by atoms with van der Waals surface area (Å²) in [6.07, 6.45) is 0. The molecule has 0 aliphatic heterocycles. The van der Waals surface area contributed by atoms with E-state index in [1.807, 2.05) is 24.3 Å². The number of rotatable bonds is 2. The number of hydrogen-bond donors (Lipinski definition) is 1. The summed E-state index contributed by atoms with van der Waals surface area (Å²) in [5, 5.41) is 0.721. The van der Waals surface area contributed by atoms with Gasteiger partial charge < -0.3 is 5.73 Å². The Morgan fingerprint density at radius 1 is 1.00 bits per heavy atom. The normalized spacial score (nSPS) is 12.5. The lowest BCUT2D eigenvalue weighted by Crippen LogP contribution is -2.12. The second-order valence-corrected chi connectivity index (χ2v) is 4.83. The summed E-state index contributed by atoms with van der Waals surface area (Å²) in [6, 6.07) is 13.9. The molecule has 17 heavy (non-hydrogen) atoms. The number of halogens is 1. The highest BCUT2D eigenvalue weighted by atomic mass is 35.5. The van der Waals surface area contributed by atoms with Gasteiger partial charge in [0.2, 0.25) is 0 Å². The Bertz CT molecular complexity index is 514. The third-order valence-corrected chi connectivity index (χ3v) is 3.19. The largest absolute Gasteiger partial charge is 0.320 e. The lowest BCUT2D eigenvalue weighted by molar-refractivity contribution is 0.868. The van der Waals surface area contributed by atoms with Crippen molar-refractivity contribution in [2.45, 2.75) is 19.9 Å². The molecule has 2 aromatic rings. The Kier molecular flexibility index (Phi) is 3.51. The molecule has 0 aliphatic carbocycles. The van der Waals surface area contributed by atoms with Crippen molar-refractivity contribution in [3.8, 4) is 0 Å². The maximum atomic E-state index is 6.27. The first-order chi connectivity index (χ1) is 8.08. The first kappa shape index (κ1) is 12.2. The Morgan fingerprint density at radius 2 is 1.59 bits per heavy atom. The van der Waals surface area contributed by atoms with E-state index in [-0.39, 0.29) is 6.04 Å². The molecule has 0 amide bonds. The van der Waals surface area contributed by atoms with E-state index in [2.05, 4.69) is 32.0 Å². The smallest absolute Gasteiger partial charge is 0.0566 e. The Labute approximate surface area is 107 Å². The van der Waals surface area contributed by atoms with Crippen LogP contribution in [0.15, 0.2) is 42.5 Å². The minimum absolute atomic E-state index is 0.165. The minimum Gasteiger partial charge on any atom is -0.320 e. The highest BCUT2D eigenvalue weighted by molar-refractivity contribution is 6.31. The second-order valence-electron chi connectivity index (χ2n) is 4.42. The molecule has 2 heteroatoms.